The van der Waals surface area contributed by atoms with E-state index < -0.39 is 10.5 Å². The number of hydrogen-bond donors (Lipinski definition) is 3. The minimum Gasteiger partial charge on any atom is -0.497 e. The standard InChI is InChI=1S/C22H17N5O5/c1-32-16-4-2-3-13(11-16)21(28)26-15-7-5-14(6-8-15)25-17-9-10-18(27(30)31)20-19(17)22(29)24-12-23-20/h2-12,25H,1H3,(H,26,28)(H,23,24,29). The number of methoxy groups -OCH3 is 1. The molecular formula is C22H17N5O5. The van der Waals surface area contributed by atoms with E-state index in [1.807, 2.05) is 0 Å². The first-order valence-corrected chi connectivity index (χ1v) is 9.43. The van der Waals surface area contributed by atoms with Crippen LogP contribution in [0.15, 0.2) is 71.8 Å². The highest BCUT2D eigenvalue weighted by Gasteiger charge is 2.18. The number of benzene rings is 3. The molecule has 1 aromatic heterocycles. The third-order valence-electron chi connectivity index (χ3n) is 4.72. The van der Waals surface area contributed by atoms with Crippen molar-refractivity contribution in [3.8, 4) is 5.75 Å². The van der Waals surface area contributed by atoms with Crippen LogP contribution in [0.1, 0.15) is 10.4 Å². The van der Waals surface area contributed by atoms with Gasteiger partial charge in [0.15, 0.2) is 5.52 Å². The number of anilines is 3. The molecule has 10 heteroatoms. The maximum atomic E-state index is 12.4. The molecule has 0 aliphatic carbocycles. The molecule has 32 heavy (non-hydrogen) atoms. The minimum absolute atomic E-state index is 0.00840. The van der Waals surface area contributed by atoms with Crippen molar-refractivity contribution in [2.45, 2.75) is 0 Å². The SMILES string of the molecule is COc1cccc(C(=O)Nc2ccc(Nc3ccc([N+](=O)[O-])c4nc[nH]c(=O)c34)cc2)c1. The Labute approximate surface area is 181 Å². The van der Waals surface area contributed by atoms with Gasteiger partial charge in [-0.25, -0.2) is 4.98 Å². The van der Waals surface area contributed by atoms with Crippen LogP contribution in [0.25, 0.3) is 10.9 Å². The molecule has 1 heterocycles. The number of nitro benzene ring substituents is 1. The van der Waals surface area contributed by atoms with Crippen LogP contribution >= 0.6 is 0 Å². The molecule has 4 aromatic rings. The summed E-state index contributed by atoms with van der Waals surface area (Å²) in [6, 6.07) is 16.3. The van der Waals surface area contributed by atoms with E-state index in [1.54, 1.807) is 48.5 Å². The Morgan fingerprint density at radius 2 is 1.84 bits per heavy atom. The van der Waals surface area contributed by atoms with Crippen LogP contribution in [-0.4, -0.2) is 27.9 Å². The number of aromatic amines is 1. The average molecular weight is 431 g/mol. The highest BCUT2D eigenvalue weighted by molar-refractivity contribution is 6.04. The number of nitrogens with one attached hydrogen (secondary N) is 3. The van der Waals surface area contributed by atoms with Gasteiger partial charge in [-0.1, -0.05) is 6.07 Å². The summed E-state index contributed by atoms with van der Waals surface area (Å²) in [5, 5.41) is 17.2. The largest absolute Gasteiger partial charge is 0.497 e. The Kier molecular flexibility index (Phi) is 5.49. The normalized spacial score (nSPS) is 10.5. The highest BCUT2D eigenvalue weighted by atomic mass is 16.6. The number of hydrogen-bond acceptors (Lipinski definition) is 7. The number of ether oxygens (including phenoxy) is 1. The highest BCUT2D eigenvalue weighted by Crippen LogP contribution is 2.29. The lowest BCUT2D eigenvalue weighted by atomic mass is 10.1. The van der Waals surface area contributed by atoms with E-state index in [0.29, 0.717) is 28.4 Å². The van der Waals surface area contributed by atoms with Crippen molar-refractivity contribution in [1.29, 1.82) is 0 Å². The van der Waals surface area contributed by atoms with Gasteiger partial charge in [0.05, 0.1) is 29.4 Å². The lowest BCUT2D eigenvalue weighted by molar-refractivity contribution is -0.383. The maximum absolute atomic E-state index is 12.4. The van der Waals surface area contributed by atoms with Crippen molar-refractivity contribution in [1.82, 2.24) is 9.97 Å². The van der Waals surface area contributed by atoms with E-state index in [4.69, 9.17) is 4.74 Å². The fraction of sp³-hybridized carbons (Fsp3) is 0.0455. The molecule has 0 unspecified atom stereocenters. The van der Waals surface area contributed by atoms with E-state index in [-0.39, 0.29) is 22.5 Å². The zero-order valence-electron chi connectivity index (χ0n) is 16.8. The first kappa shape index (κ1) is 20.5. The predicted molar refractivity (Wildman–Crippen MR) is 120 cm³/mol. The molecular weight excluding hydrogens is 414 g/mol. The number of aromatic nitrogens is 2. The average Bonchev–Trinajstić information content (AvgIpc) is 2.80. The summed E-state index contributed by atoms with van der Waals surface area (Å²) in [5.74, 6) is 0.292. The summed E-state index contributed by atoms with van der Waals surface area (Å²) in [6.07, 6.45) is 1.13. The molecule has 0 bridgehead atoms. The molecule has 0 spiro atoms. The van der Waals surface area contributed by atoms with Gasteiger partial charge in [-0.2, -0.15) is 0 Å². The molecule has 10 nitrogen and oxygen atoms in total. The molecule has 0 saturated carbocycles. The number of amides is 1. The topological polar surface area (TPSA) is 139 Å². The van der Waals surface area contributed by atoms with Crippen LogP contribution < -0.4 is 20.9 Å². The molecule has 0 radical (unpaired) electrons. The van der Waals surface area contributed by atoms with Gasteiger partial charge in [0.2, 0.25) is 0 Å². The first-order chi connectivity index (χ1) is 15.5. The number of carbonyl (C=O) groups is 1. The van der Waals surface area contributed by atoms with Crippen LogP contribution in [0.3, 0.4) is 0 Å². The smallest absolute Gasteiger partial charge is 0.295 e. The quantitative estimate of drug-likeness (QED) is 0.311. The van der Waals surface area contributed by atoms with Crippen molar-refractivity contribution in [2.24, 2.45) is 0 Å². The number of H-pyrrole nitrogens is 1. The molecule has 4 rings (SSSR count). The zero-order chi connectivity index (χ0) is 22.7. The Morgan fingerprint density at radius 1 is 1.09 bits per heavy atom. The van der Waals surface area contributed by atoms with Gasteiger partial charge in [0, 0.05) is 23.0 Å². The fourth-order valence-corrected chi connectivity index (χ4v) is 3.18. The van der Waals surface area contributed by atoms with E-state index in [2.05, 4.69) is 20.6 Å². The zero-order valence-corrected chi connectivity index (χ0v) is 16.8. The van der Waals surface area contributed by atoms with E-state index in [1.165, 1.54) is 19.2 Å². The van der Waals surface area contributed by atoms with Crippen LogP contribution in [0.2, 0.25) is 0 Å². The van der Waals surface area contributed by atoms with Crippen molar-refractivity contribution >= 4 is 39.6 Å². The van der Waals surface area contributed by atoms with Crippen molar-refractivity contribution < 1.29 is 14.5 Å². The summed E-state index contributed by atoms with van der Waals surface area (Å²) in [6.45, 7) is 0. The second-order valence-electron chi connectivity index (χ2n) is 6.73. The fourth-order valence-electron chi connectivity index (χ4n) is 3.18. The Balaban J connectivity index is 1.56. The molecule has 0 saturated heterocycles. The lowest BCUT2D eigenvalue weighted by Gasteiger charge is -2.11. The van der Waals surface area contributed by atoms with Gasteiger partial charge >= 0.3 is 0 Å². The number of non-ortho nitro benzene ring substituents is 1. The summed E-state index contributed by atoms with van der Waals surface area (Å²) in [4.78, 5) is 41.8. The molecule has 0 aliphatic heterocycles. The number of nitro groups is 1. The summed E-state index contributed by atoms with van der Waals surface area (Å²) >= 11 is 0. The molecule has 160 valence electrons. The van der Waals surface area contributed by atoms with Gasteiger partial charge in [-0.15, -0.1) is 0 Å². The van der Waals surface area contributed by atoms with Crippen molar-refractivity contribution in [3.05, 3.63) is 93.0 Å². The van der Waals surface area contributed by atoms with Crippen LogP contribution in [0.5, 0.6) is 5.75 Å². The maximum Gasteiger partial charge on any atom is 0.295 e. The number of carbonyl (C=O) groups excluding carboxylic acids is 1. The molecule has 3 aromatic carbocycles. The third-order valence-corrected chi connectivity index (χ3v) is 4.72. The summed E-state index contributed by atoms with van der Waals surface area (Å²) in [5.41, 5.74) is 1.24. The van der Waals surface area contributed by atoms with Gasteiger partial charge in [-0.3, -0.25) is 19.7 Å². The van der Waals surface area contributed by atoms with Crippen molar-refractivity contribution in [2.75, 3.05) is 17.7 Å². The molecule has 0 fully saturated rings. The van der Waals surface area contributed by atoms with Crippen molar-refractivity contribution in [3.63, 3.8) is 0 Å². The second kappa shape index (κ2) is 8.56. The molecule has 3 N–H and O–H groups in total. The molecule has 1 amide bonds. The van der Waals surface area contributed by atoms with Crippen LogP contribution in [0, 0.1) is 10.1 Å². The molecule has 0 atom stereocenters. The summed E-state index contributed by atoms with van der Waals surface area (Å²) < 4.78 is 5.13. The number of fused-ring (bicyclic) bond motifs is 1. The predicted octanol–water partition coefficient (Wildman–Crippen LogP) is 3.84. The van der Waals surface area contributed by atoms with Gasteiger partial charge < -0.3 is 20.4 Å². The van der Waals surface area contributed by atoms with Gasteiger partial charge in [0.25, 0.3) is 17.2 Å². The van der Waals surface area contributed by atoms with E-state index in [9.17, 15) is 19.7 Å². The Morgan fingerprint density at radius 3 is 2.56 bits per heavy atom. The summed E-state index contributed by atoms with van der Waals surface area (Å²) in [7, 11) is 1.53. The minimum atomic E-state index is -0.585. The van der Waals surface area contributed by atoms with E-state index in [0.717, 1.165) is 6.33 Å². The van der Waals surface area contributed by atoms with Gasteiger partial charge in [0.1, 0.15) is 5.75 Å². The Hall–Kier alpha value is -4.73. The Bertz CT molecular complexity index is 1380. The van der Waals surface area contributed by atoms with E-state index >= 15 is 0 Å². The van der Waals surface area contributed by atoms with Crippen LogP contribution in [-0.2, 0) is 0 Å². The monoisotopic (exact) mass is 431 g/mol. The second-order valence-corrected chi connectivity index (χ2v) is 6.73. The first-order valence-electron chi connectivity index (χ1n) is 9.43. The lowest BCUT2D eigenvalue weighted by Crippen LogP contribution is -2.12. The third kappa shape index (κ3) is 4.10. The number of rotatable bonds is 6. The molecule has 0 aliphatic rings. The van der Waals surface area contributed by atoms with Crippen LogP contribution in [0.4, 0.5) is 22.7 Å². The number of nitrogens with zero attached hydrogens (tertiary/aromatic N) is 2. The van der Waals surface area contributed by atoms with Gasteiger partial charge in [-0.05, 0) is 48.5 Å².